The SMILES string of the molecule is CCN1CCN(c2cc(Nc3cccc(C#N)c3)ncn2)CC1. The van der Waals surface area contributed by atoms with Gasteiger partial charge in [0.15, 0.2) is 0 Å². The molecule has 0 atom stereocenters. The molecule has 6 heteroatoms. The molecule has 1 N–H and O–H groups in total. The van der Waals surface area contributed by atoms with Gasteiger partial charge >= 0.3 is 0 Å². The summed E-state index contributed by atoms with van der Waals surface area (Å²) in [7, 11) is 0. The molecule has 6 nitrogen and oxygen atoms in total. The number of benzene rings is 1. The van der Waals surface area contributed by atoms with E-state index in [0.717, 1.165) is 50.0 Å². The van der Waals surface area contributed by atoms with Crippen LogP contribution in [0, 0.1) is 11.3 Å². The molecule has 0 unspecified atom stereocenters. The summed E-state index contributed by atoms with van der Waals surface area (Å²) < 4.78 is 0. The van der Waals surface area contributed by atoms with E-state index >= 15 is 0 Å². The van der Waals surface area contributed by atoms with Crippen LogP contribution >= 0.6 is 0 Å². The monoisotopic (exact) mass is 308 g/mol. The first-order valence-corrected chi connectivity index (χ1v) is 7.85. The van der Waals surface area contributed by atoms with E-state index in [4.69, 9.17) is 5.26 Å². The highest BCUT2D eigenvalue weighted by atomic mass is 15.3. The molecular weight excluding hydrogens is 288 g/mol. The van der Waals surface area contributed by atoms with Crippen LogP contribution in [0.25, 0.3) is 0 Å². The van der Waals surface area contributed by atoms with Gasteiger partial charge < -0.3 is 15.1 Å². The zero-order valence-electron chi connectivity index (χ0n) is 13.2. The Bertz CT molecular complexity index is 700. The predicted octanol–water partition coefficient (Wildman–Crippen LogP) is 2.23. The smallest absolute Gasteiger partial charge is 0.135 e. The Hall–Kier alpha value is -2.65. The van der Waals surface area contributed by atoms with Crippen molar-refractivity contribution in [1.82, 2.24) is 14.9 Å². The number of likely N-dealkylation sites (N-methyl/N-ethyl adjacent to an activating group) is 1. The van der Waals surface area contributed by atoms with Crippen LogP contribution in [-0.4, -0.2) is 47.6 Å². The number of rotatable bonds is 4. The molecule has 0 amide bonds. The van der Waals surface area contributed by atoms with E-state index in [9.17, 15) is 0 Å². The van der Waals surface area contributed by atoms with Crippen LogP contribution in [0.5, 0.6) is 0 Å². The van der Waals surface area contributed by atoms with Crippen LogP contribution in [0.3, 0.4) is 0 Å². The number of piperazine rings is 1. The van der Waals surface area contributed by atoms with Gasteiger partial charge in [-0.25, -0.2) is 9.97 Å². The molecule has 0 aliphatic carbocycles. The van der Waals surface area contributed by atoms with Gasteiger partial charge in [0, 0.05) is 37.9 Å². The molecule has 1 aliphatic rings. The maximum atomic E-state index is 8.97. The van der Waals surface area contributed by atoms with Gasteiger partial charge in [-0.3, -0.25) is 0 Å². The minimum atomic E-state index is 0.625. The molecule has 2 aromatic rings. The number of hydrogen-bond acceptors (Lipinski definition) is 6. The van der Waals surface area contributed by atoms with Gasteiger partial charge in [-0.15, -0.1) is 0 Å². The fraction of sp³-hybridized carbons (Fsp3) is 0.353. The van der Waals surface area contributed by atoms with Crippen molar-refractivity contribution in [3.63, 3.8) is 0 Å². The largest absolute Gasteiger partial charge is 0.354 e. The quantitative estimate of drug-likeness (QED) is 0.934. The Balaban J connectivity index is 1.71. The molecule has 0 saturated carbocycles. The summed E-state index contributed by atoms with van der Waals surface area (Å²) in [5.74, 6) is 1.68. The minimum Gasteiger partial charge on any atom is -0.354 e. The Morgan fingerprint density at radius 1 is 1.17 bits per heavy atom. The summed E-state index contributed by atoms with van der Waals surface area (Å²) in [6.07, 6.45) is 1.58. The Morgan fingerprint density at radius 2 is 2.00 bits per heavy atom. The van der Waals surface area contributed by atoms with Gasteiger partial charge in [0.25, 0.3) is 0 Å². The van der Waals surface area contributed by atoms with Crippen molar-refractivity contribution >= 4 is 17.3 Å². The van der Waals surface area contributed by atoms with Gasteiger partial charge in [0.1, 0.15) is 18.0 Å². The summed E-state index contributed by atoms with van der Waals surface area (Å²) >= 11 is 0. The topological polar surface area (TPSA) is 68.1 Å². The van der Waals surface area contributed by atoms with Crippen molar-refractivity contribution in [3.05, 3.63) is 42.2 Å². The molecule has 23 heavy (non-hydrogen) atoms. The van der Waals surface area contributed by atoms with E-state index < -0.39 is 0 Å². The molecule has 0 radical (unpaired) electrons. The molecule has 0 spiro atoms. The average Bonchev–Trinajstić information content (AvgIpc) is 2.62. The Morgan fingerprint density at radius 3 is 2.74 bits per heavy atom. The second-order valence-electron chi connectivity index (χ2n) is 5.50. The van der Waals surface area contributed by atoms with Crippen molar-refractivity contribution < 1.29 is 0 Å². The molecule has 1 aromatic carbocycles. The van der Waals surface area contributed by atoms with Crippen molar-refractivity contribution in [3.8, 4) is 6.07 Å². The van der Waals surface area contributed by atoms with Crippen molar-refractivity contribution in [2.24, 2.45) is 0 Å². The number of nitrogens with one attached hydrogen (secondary N) is 1. The normalized spacial score (nSPS) is 15.2. The van der Waals surface area contributed by atoms with Gasteiger partial charge in [-0.1, -0.05) is 13.0 Å². The molecule has 0 bridgehead atoms. The molecule has 1 saturated heterocycles. The highest BCUT2D eigenvalue weighted by Crippen LogP contribution is 2.20. The lowest BCUT2D eigenvalue weighted by atomic mass is 10.2. The molecule has 3 rings (SSSR count). The first-order valence-electron chi connectivity index (χ1n) is 7.85. The van der Waals surface area contributed by atoms with Crippen molar-refractivity contribution in [1.29, 1.82) is 5.26 Å². The molecule has 1 fully saturated rings. The lowest BCUT2D eigenvalue weighted by Crippen LogP contribution is -2.46. The van der Waals surface area contributed by atoms with Gasteiger partial charge in [0.05, 0.1) is 11.6 Å². The average molecular weight is 308 g/mol. The molecule has 118 valence electrons. The summed E-state index contributed by atoms with van der Waals surface area (Å²) in [5.41, 5.74) is 1.48. The zero-order valence-corrected chi connectivity index (χ0v) is 13.2. The van der Waals surface area contributed by atoms with Gasteiger partial charge in [-0.2, -0.15) is 5.26 Å². The van der Waals surface area contributed by atoms with Crippen LogP contribution in [-0.2, 0) is 0 Å². The molecule has 1 aromatic heterocycles. The number of nitriles is 1. The molecular formula is C17H20N6. The van der Waals surface area contributed by atoms with E-state index in [0.29, 0.717) is 5.56 Å². The number of nitrogens with zero attached hydrogens (tertiary/aromatic N) is 5. The summed E-state index contributed by atoms with van der Waals surface area (Å²) in [4.78, 5) is 13.4. The Kier molecular flexibility index (Phi) is 4.69. The third kappa shape index (κ3) is 3.76. The summed E-state index contributed by atoms with van der Waals surface area (Å²) in [5, 5.41) is 12.2. The molecule has 1 aliphatic heterocycles. The van der Waals surface area contributed by atoms with E-state index in [1.54, 1.807) is 12.4 Å². The highest BCUT2D eigenvalue weighted by molar-refractivity contribution is 5.61. The van der Waals surface area contributed by atoms with Gasteiger partial charge in [-0.05, 0) is 24.7 Å². The van der Waals surface area contributed by atoms with E-state index in [2.05, 4.69) is 38.1 Å². The fourth-order valence-electron chi connectivity index (χ4n) is 2.70. The number of anilines is 3. The first-order chi connectivity index (χ1) is 11.3. The Labute approximate surface area is 136 Å². The van der Waals surface area contributed by atoms with E-state index in [-0.39, 0.29) is 0 Å². The first kappa shape index (κ1) is 15.3. The second kappa shape index (κ2) is 7.07. The van der Waals surface area contributed by atoms with Crippen molar-refractivity contribution in [2.75, 3.05) is 42.9 Å². The van der Waals surface area contributed by atoms with Crippen LogP contribution in [0.15, 0.2) is 36.7 Å². The maximum Gasteiger partial charge on any atom is 0.135 e. The predicted molar refractivity (Wildman–Crippen MR) is 90.8 cm³/mol. The van der Waals surface area contributed by atoms with Crippen LogP contribution in [0.2, 0.25) is 0 Å². The maximum absolute atomic E-state index is 8.97. The lowest BCUT2D eigenvalue weighted by molar-refractivity contribution is 0.270. The third-order valence-corrected chi connectivity index (χ3v) is 4.06. The minimum absolute atomic E-state index is 0.625. The van der Waals surface area contributed by atoms with Crippen LogP contribution in [0.1, 0.15) is 12.5 Å². The van der Waals surface area contributed by atoms with E-state index in [1.807, 2.05) is 24.3 Å². The zero-order chi connectivity index (χ0) is 16.1. The molecule has 2 heterocycles. The van der Waals surface area contributed by atoms with Crippen LogP contribution < -0.4 is 10.2 Å². The number of hydrogen-bond donors (Lipinski definition) is 1. The lowest BCUT2D eigenvalue weighted by Gasteiger charge is -2.34. The summed E-state index contributed by atoms with van der Waals surface area (Å²) in [6, 6.07) is 11.5. The van der Waals surface area contributed by atoms with Crippen molar-refractivity contribution in [2.45, 2.75) is 6.92 Å². The van der Waals surface area contributed by atoms with Crippen LogP contribution in [0.4, 0.5) is 17.3 Å². The highest BCUT2D eigenvalue weighted by Gasteiger charge is 2.17. The standard InChI is InChI=1S/C17H20N6/c1-2-22-6-8-23(9-7-22)17-11-16(19-13-20-17)21-15-5-3-4-14(10-15)12-18/h3-5,10-11,13H,2,6-9H2,1H3,(H,19,20,21). The number of aromatic nitrogens is 2. The second-order valence-corrected chi connectivity index (χ2v) is 5.50. The van der Waals surface area contributed by atoms with Gasteiger partial charge in [0.2, 0.25) is 0 Å². The fourth-order valence-corrected chi connectivity index (χ4v) is 2.70. The third-order valence-electron chi connectivity index (χ3n) is 4.06. The summed E-state index contributed by atoms with van der Waals surface area (Å²) in [6.45, 7) is 7.38. The van der Waals surface area contributed by atoms with E-state index in [1.165, 1.54) is 0 Å².